The fraction of sp³-hybridized carbons (Fsp3) is 0.333. The molecule has 0 fully saturated rings. The number of fused-ring (bicyclic) bond motifs is 1. The molecule has 108 valence electrons. The standard InChI is InChI=1S/C18H20N2O/c1-14(18(21)19-17-9-3-2-4-10-17)20-12-11-15-7-5-6-8-16(15)13-20/h2-4,9-14H,5-8H2,1H3/p+1/t14-/m1/s1. The molecule has 1 aromatic carbocycles. The highest BCUT2D eigenvalue weighted by molar-refractivity contribution is 5.92. The minimum atomic E-state index is -0.211. The number of carbonyl (C=O) groups is 1. The maximum absolute atomic E-state index is 12.3. The van der Waals surface area contributed by atoms with Crippen molar-refractivity contribution in [3.05, 3.63) is 59.9 Å². The van der Waals surface area contributed by atoms with E-state index in [-0.39, 0.29) is 11.9 Å². The van der Waals surface area contributed by atoms with Crippen LogP contribution in [-0.4, -0.2) is 5.91 Å². The van der Waals surface area contributed by atoms with Crippen LogP contribution in [0.4, 0.5) is 5.69 Å². The van der Waals surface area contributed by atoms with Gasteiger partial charge in [-0.1, -0.05) is 18.2 Å². The highest BCUT2D eigenvalue weighted by Gasteiger charge is 2.23. The molecule has 3 rings (SSSR count). The Balaban J connectivity index is 1.75. The Bertz CT molecular complexity index is 637. The van der Waals surface area contributed by atoms with Gasteiger partial charge < -0.3 is 5.32 Å². The Morgan fingerprint density at radius 2 is 1.81 bits per heavy atom. The van der Waals surface area contributed by atoms with Crippen LogP contribution >= 0.6 is 0 Å². The van der Waals surface area contributed by atoms with Crippen molar-refractivity contribution in [3.8, 4) is 0 Å². The van der Waals surface area contributed by atoms with E-state index in [2.05, 4.69) is 17.6 Å². The van der Waals surface area contributed by atoms with E-state index in [4.69, 9.17) is 0 Å². The second kappa shape index (κ2) is 6.08. The smallest absolute Gasteiger partial charge is 0.293 e. The van der Waals surface area contributed by atoms with Crippen LogP contribution in [0.5, 0.6) is 0 Å². The van der Waals surface area contributed by atoms with Gasteiger partial charge in [0.05, 0.1) is 0 Å². The number of anilines is 1. The molecule has 0 spiro atoms. The van der Waals surface area contributed by atoms with Crippen LogP contribution < -0.4 is 9.88 Å². The molecule has 3 heteroatoms. The fourth-order valence-electron chi connectivity index (χ4n) is 2.83. The van der Waals surface area contributed by atoms with Gasteiger partial charge >= 0.3 is 0 Å². The zero-order valence-electron chi connectivity index (χ0n) is 12.4. The Labute approximate surface area is 125 Å². The lowest BCUT2D eigenvalue weighted by molar-refractivity contribution is -0.706. The molecule has 3 nitrogen and oxygen atoms in total. The van der Waals surface area contributed by atoms with Gasteiger partial charge in [0.1, 0.15) is 0 Å². The summed E-state index contributed by atoms with van der Waals surface area (Å²) in [5.74, 6) is 0.0157. The fourth-order valence-corrected chi connectivity index (χ4v) is 2.83. The van der Waals surface area contributed by atoms with E-state index in [1.165, 1.54) is 30.4 Å². The van der Waals surface area contributed by atoms with Crippen LogP contribution in [0.25, 0.3) is 0 Å². The SMILES string of the molecule is C[C@H](C(=O)Nc1ccccc1)[n+]1ccc2c(c1)CCCC2. The topological polar surface area (TPSA) is 33.0 Å². The van der Waals surface area contributed by atoms with Crippen LogP contribution in [0, 0.1) is 0 Å². The van der Waals surface area contributed by atoms with Gasteiger partial charge in [-0.25, -0.2) is 0 Å². The number of aryl methyl sites for hydroxylation is 2. The predicted octanol–water partition coefficient (Wildman–Crippen LogP) is 3.05. The highest BCUT2D eigenvalue weighted by Crippen LogP contribution is 2.19. The van der Waals surface area contributed by atoms with Crippen molar-refractivity contribution < 1.29 is 9.36 Å². The molecular formula is C18H21N2O+. The van der Waals surface area contributed by atoms with Crippen LogP contribution in [0.2, 0.25) is 0 Å². The predicted molar refractivity (Wildman–Crippen MR) is 83.1 cm³/mol. The molecule has 21 heavy (non-hydrogen) atoms. The molecule has 1 N–H and O–H groups in total. The average molecular weight is 281 g/mol. The molecule has 0 bridgehead atoms. The molecule has 2 aromatic rings. The van der Waals surface area contributed by atoms with Gasteiger partial charge in [-0.2, -0.15) is 4.57 Å². The molecule has 1 amide bonds. The van der Waals surface area contributed by atoms with E-state index in [0.717, 1.165) is 12.1 Å². The molecule has 1 aromatic heterocycles. The summed E-state index contributed by atoms with van der Waals surface area (Å²) in [5.41, 5.74) is 3.67. The number of para-hydroxylation sites is 1. The quantitative estimate of drug-likeness (QED) is 0.862. The van der Waals surface area contributed by atoms with E-state index < -0.39 is 0 Å². The van der Waals surface area contributed by atoms with E-state index in [1.807, 2.05) is 48.0 Å². The first-order valence-corrected chi connectivity index (χ1v) is 7.62. The third kappa shape index (κ3) is 3.13. The van der Waals surface area contributed by atoms with E-state index in [9.17, 15) is 4.79 Å². The molecule has 0 saturated carbocycles. The number of nitrogens with zero attached hydrogens (tertiary/aromatic N) is 1. The second-order valence-electron chi connectivity index (χ2n) is 5.68. The van der Waals surface area contributed by atoms with Gasteiger partial charge in [-0.15, -0.1) is 0 Å². The third-order valence-corrected chi connectivity index (χ3v) is 4.18. The number of hydrogen-bond acceptors (Lipinski definition) is 1. The van der Waals surface area contributed by atoms with E-state index in [1.54, 1.807) is 0 Å². The molecule has 1 aliphatic carbocycles. The number of carbonyl (C=O) groups excluding carboxylic acids is 1. The van der Waals surface area contributed by atoms with Crippen molar-refractivity contribution in [2.24, 2.45) is 0 Å². The molecule has 0 unspecified atom stereocenters. The van der Waals surface area contributed by atoms with Crippen LogP contribution in [0.1, 0.15) is 36.9 Å². The largest absolute Gasteiger partial charge is 0.320 e. The molecule has 1 aliphatic rings. The van der Waals surface area contributed by atoms with Gasteiger partial charge in [-0.3, -0.25) is 4.79 Å². The van der Waals surface area contributed by atoms with E-state index in [0.29, 0.717) is 0 Å². The lowest BCUT2D eigenvalue weighted by Crippen LogP contribution is -2.44. The van der Waals surface area contributed by atoms with Gasteiger partial charge in [0.15, 0.2) is 12.4 Å². The number of amides is 1. The molecule has 0 saturated heterocycles. The number of aromatic nitrogens is 1. The zero-order chi connectivity index (χ0) is 14.7. The highest BCUT2D eigenvalue weighted by atomic mass is 16.2. The van der Waals surface area contributed by atoms with Crippen molar-refractivity contribution in [2.75, 3.05) is 5.32 Å². The maximum Gasteiger partial charge on any atom is 0.293 e. The lowest BCUT2D eigenvalue weighted by Gasteiger charge is -2.15. The molecule has 1 heterocycles. The molecule has 1 atom stereocenters. The van der Waals surface area contributed by atoms with Crippen molar-refractivity contribution in [2.45, 2.75) is 38.6 Å². The minimum Gasteiger partial charge on any atom is -0.320 e. The Morgan fingerprint density at radius 3 is 2.57 bits per heavy atom. The van der Waals surface area contributed by atoms with Crippen molar-refractivity contribution >= 4 is 11.6 Å². The van der Waals surface area contributed by atoms with Gasteiger partial charge in [-0.05, 0) is 43.4 Å². The summed E-state index contributed by atoms with van der Waals surface area (Å²) in [7, 11) is 0. The summed E-state index contributed by atoms with van der Waals surface area (Å²) in [6.45, 7) is 1.94. The third-order valence-electron chi connectivity index (χ3n) is 4.18. The van der Waals surface area contributed by atoms with Crippen LogP contribution in [0.3, 0.4) is 0 Å². The van der Waals surface area contributed by atoms with Crippen molar-refractivity contribution in [3.63, 3.8) is 0 Å². The maximum atomic E-state index is 12.3. The number of rotatable bonds is 3. The summed E-state index contributed by atoms with van der Waals surface area (Å²) in [6.07, 6.45) is 9.00. The Kier molecular flexibility index (Phi) is 4.00. The first kappa shape index (κ1) is 13.8. The number of nitrogens with one attached hydrogen (secondary N) is 1. The summed E-state index contributed by atoms with van der Waals surface area (Å²) < 4.78 is 2.02. The monoisotopic (exact) mass is 281 g/mol. The first-order chi connectivity index (χ1) is 10.2. The molecule has 0 aliphatic heterocycles. The lowest BCUT2D eigenvalue weighted by atomic mass is 9.93. The summed E-state index contributed by atoms with van der Waals surface area (Å²) in [4.78, 5) is 12.3. The summed E-state index contributed by atoms with van der Waals surface area (Å²) in [6, 6.07) is 11.6. The molecular weight excluding hydrogens is 260 g/mol. The first-order valence-electron chi connectivity index (χ1n) is 7.62. The number of hydrogen-bond donors (Lipinski definition) is 1. The van der Waals surface area contributed by atoms with Gasteiger partial charge in [0, 0.05) is 24.2 Å². The van der Waals surface area contributed by atoms with E-state index >= 15 is 0 Å². The molecule has 0 radical (unpaired) electrons. The van der Waals surface area contributed by atoms with Crippen molar-refractivity contribution in [1.82, 2.24) is 0 Å². The minimum absolute atomic E-state index is 0.0157. The van der Waals surface area contributed by atoms with Crippen molar-refractivity contribution in [1.29, 1.82) is 0 Å². The van der Waals surface area contributed by atoms with Crippen LogP contribution in [0.15, 0.2) is 48.8 Å². The zero-order valence-corrected chi connectivity index (χ0v) is 12.4. The second-order valence-corrected chi connectivity index (χ2v) is 5.68. The summed E-state index contributed by atoms with van der Waals surface area (Å²) in [5, 5.41) is 2.96. The summed E-state index contributed by atoms with van der Waals surface area (Å²) >= 11 is 0. The Morgan fingerprint density at radius 1 is 1.10 bits per heavy atom. The normalized spacial score (nSPS) is 15.1. The number of pyridine rings is 1. The average Bonchev–Trinajstić information content (AvgIpc) is 2.54. The van der Waals surface area contributed by atoms with Gasteiger partial charge in [0.2, 0.25) is 6.04 Å². The number of benzene rings is 1. The Hall–Kier alpha value is -2.16. The van der Waals surface area contributed by atoms with Gasteiger partial charge in [0.25, 0.3) is 5.91 Å². The van der Waals surface area contributed by atoms with Crippen LogP contribution in [-0.2, 0) is 17.6 Å².